The highest BCUT2D eigenvalue weighted by Gasteiger charge is 2.34. The number of nitrogens with zero attached hydrogens (tertiary/aromatic N) is 2. The summed E-state index contributed by atoms with van der Waals surface area (Å²) in [7, 11) is 0. The van der Waals surface area contributed by atoms with Crippen LogP contribution in [0.15, 0.2) is 53.9 Å². The number of thiazole rings is 1. The molecule has 1 atom stereocenters. The van der Waals surface area contributed by atoms with Crippen LogP contribution < -0.4 is 5.32 Å². The number of hydrogen-bond acceptors (Lipinski definition) is 4. The summed E-state index contributed by atoms with van der Waals surface area (Å²) in [5.41, 5.74) is 2.01. The van der Waals surface area contributed by atoms with Crippen molar-refractivity contribution in [2.24, 2.45) is 5.92 Å². The Bertz CT molecular complexity index is 1070. The Kier molecular flexibility index (Phi) is 5.85. The Morgan fingerprint density at radius 3 is 2.73 bits per heavy atom. The number of aromatic nitrogens is 1. The molecule has 2 aromatic carbocycles. The van der Waals surface area contributed by atoms with Crippen LogP contribution in [0.4, 0.5) is 13.9 Å². The maximum atomic E-state index is 13.4. The van der Waals surface area contributed by atoms with Crippen molar-refractivity contribution in [1.82, 2.24) is 9.88 Å². The highest BCUT2D eigenvalue weighted by molar-refractivity contribution is 7.14. The molecule has 0 unspecified atom stereocenters. The van der Waals surface area contributed by atoms with Crippen LogP contribution in [0, 0.1) is 17.6 Å². The molecule has 4 rings (SSSR count). The number of rotatable bonds is 6. The van der Waals surface area contributed by atoms with Crippen molar-refractivity contribution in [3.63, 3.8) is 0 Å². The fourth-order valence-electron chi connectivity index (χ4n) is 3.40. The van der Waals surface area contributed by atoms with Gasteiger partial charge >= 0.3 is 0 Å². The minimum Gasteiger partial charge on any atom is -0.342 e. The third-order valence-corrected chi connectivity index (χ3v) is 5.81. The van der Waals surface area contributed by atoms with Crippen LogP contribution in [0.2, 0.25) is 0 Å². The first-order valence-electron chi connectivity index (χ1n) is 9.53. The minimum absolute atomic E-state index is 0.0345. The molecule has 3 aromatic rings. The van der Waals surface area contributed by atoms with Gasteiger partial charge in [-0.2, -0.15) is 0 Å². The molecule has 2 heterocycles. The van der Waals surface area contributed by atoms with Crippen molar-refractivity contribution >= 4 is 28.3 Å². The van der Waals surface area contributed by atoms with Crippen LogP contribution in [-0.4, -0.2) is 34.8 Å². The maximum absolute atomic E-state index is 13.4. The van der Waals surface area contributed by atoms with Gasteiger partial charge in [-0.1, -0.05) is 30.3 Å². The van der Waals surface area contributed by atoms with Crippen molar-refractivity contribution in [3.05, 3.63) is 71.1 Å². The van der Waals surface area contributed by atoms with E-state index in [1.165, 1.54) is 17.4 Å². The Balaban J connectivity index is 1.34. The second-order valence-corrected chi connectivity index (χ2v) is 7.99. The number of amides is 2. The van der Waals surface area contributed by atoms with Crippen LogP contribution in [0.25, 0.3) is 11.3 Å². The number of hydrogen-bond donors (Lipinski definition) is 1. The lowest BCUT2D eigenvalue weighted by atomic mass is 10.1. The van der Waals surface area contributed by atoms with Crippen LogP contribution in [0.3, 0.4) is 0 Å². The van der Waals surface area contributed by atoms with Gasteiger partial charge in [-0.05, 0) is 30.2 Å². The normalized spacial score (nSPS) is 16.1. The summed E-state index contributed by atoms with van der Waals surface area (Å²) in [5.74, 6) is -2.62. The molecule has 1 aromatic heterocycles. The van der Waals surface area contributed by atoms with Crippen LogP contribution in [0.1, 0.15) is 12.0 Å². The Labute approximate surface area is 176 Å². The smallest absolute Gasteiger partial charge is 0.231 e. The fourth-order valence-corrected chi connectivity index (χ4v) is 4.12. The molecule has 8 heteroatoms. The van der Waals surface area contributed by atoms with Gasteiger partial charge in [0, 0.05) is 30.5 Å². The van der Waals surface area contributed by atoms with Crippen molar-refractivity contribution in [2.75, 3.05) is 18.4 Å². The van der Waals surface area contributed by atoms with Crippen LogP contribution in [-0.2, 0) is 16.0 Å². The summed E-state index contributed by atoms with van der Waals surface area (Å²) >= 11 is 1.19. The number of nitrogens with one attached hydrogen (secondary N) is 1. The molecule has 5 nitrogen and oxygen atoms in total. The molecule has 0 saturated carbocycles. The molecule has 154 valence electrons. The molecule has 2 amide bonds. The van der Waals surface area contributed by atoms with E-state index in [2.05, 4.69) is 10.3 Å². The summed E-state index contributed by atoms with van der Waals surface area (Å²) in [6, 6.07) is 13.4. The zero-order chi connectivity index (χ0) is 21.1. The summed E-state index contributed by atoms with van der Waals surface area (Å²) in [6.45, 7) is 0.947. The highest BCUT2D eigenvalue weighted by Crippen LogP contribution is 2.27. The molecular weight excluding hydrogens is 408 g/mol. The fraction of sp³-hybridized carbons (Fsp3) is 0.227. The summed E-state index contributed by atoms with van der Waals surface area (Å²) < 4.78 is 26.5. The minimum atomic E-state index is -0.953. The Morgan fingerprint density at radius 2 is 1.97 bits per heavy atom. The number of carbonyl (C=O) groups excluding carboxylic acids is 2. The summed E-state index contributed by atoms with van der Waals surface area (Å²) in [4.78, 5) is 30.9. The summed E-state index contributed by atoms with van der Waals surface area (Å²) in [5, 5.41) is 4.75. The van der Waals surface area contributed by atoms with E-state index in [-0.39, 0.29) is 18.2 Å². The van der Waals surface area contributed by atoms with Gasteiger partial charge in [0.25, 0.3) is 0 Å². The monoisotopic (exact) mass is 427 g/mol. The predicted octanol–water partition coefficient (Wildman–Crippen LogP) is 4.12. The zero-order valence-electron chi connectivity index (χ0n) is 16.0. The van der Waals surface area contributed by atoms with Crippen molar-refractivity contribution in [3.8, 4) is 11.3 Å². The topological polar surface area (TPSA) is 62.3 Å². The summed E-state index contributed by atoms with van der Waals surface area (Å²) in [6.07, 6.45) is 0.910. The molecule has 0 bridgehead atoms. The van der Waals surface area contributed by atoms with E-state index < -0.39 is 17.6 Å². The molecule has 1 aliphatic heterocycles. The zero-order valence-corrected chi connectivity index (χ0v) is 16.8. The molecule has 0 radical (unpaired) electrons. The first-order valence-corrected chi connectivity index (χ1v) is 10.4. The van der Waals surface area contributed by atoms with E-state index in [9.17, 15) is 18.4 Å². The van der Waals surface area contributed by atoms with E-state index in [1.807, 2.05) is 30.3 Å². The molecule has 30 heavy (non-hydrogen) atoms. The molecule has 0 spiro atoms. The van der Waals surface area contributed by atoms with E-state index >= 15 is 0 Å². The van der Waals surface area contributed by atoms with Gasteiger partial charge in [0.2, 0.25) is 11.8 Å². The second-order valence-electron chi connectivity index (χ2n) is 7.13. The maximum Gasteiger partial charge on any atom is 0.231 e. The first-order chi connectivity index (χ1) is 14.5. The van der Waals surface area contributed by atoms with Crippen molar-refractivity contribution in [1.29, 1.82) is 0 Å². The van der Waals surface area contributed by atoms with Gasteiger partial charge in [0.1, 0.15) is 0 Å². The van der Waals surface area contributed by atoms with Crippen LogP contribution >= 0.6 is 11.3 Å². The quantitative estimate of drug-likeness (QED) is 0.644. The standard InChI is InChI=1S/C22H19F2N3O2S/c23-17-7-6-15(10-18(17)24)19-13-30-22(25-19)26-21(29)16-11-20(28)27(12-16)9-8-14-4-2-1-3-5-14/h1-7,10,13,16H,8-9,11-12H2,(H,25,26,29)/t16-/m1/s1. The lowest BCUT2D eigenvalue weighted by Gasteiger charge is -2.16. The second kappa shape index (κ2) is 8.71. The number of anilines is 1. The number of benzene rings is 2. The van der Waals surface area contributed by atoms with E-state index in [0.29, 0.717) is 29.5 Å². The number of likely N-dealkylation sites (tertiary alicyclic amines) is 1. The Morgan fingerprint density at radius 1 is 1.17 bits per heavy atom. The van der Waals surface area contributed by atoms with E-state index in [1.54, 1.807) is 10.3 Å². The van der Waals surface area contributed by atoms with Gasteiger partial charge in [0.05, 0.1) is 11.6 Å². The lowest BCUT2D eigenvalue weighted by molar-refractivity contribution is -0.128. The molecule has 0 aliphatic carbocycles. The molecule has 1 fully saturated rings. The Hall–Kier alpha value is -3.13. The molecule has 1 N–H and O–H groups in total. The number of carbonyl (C=O) groups is 2. The van der Waals surface area contributed by atoms with E-state index in [0.717, 1.165) is 24.1 Å². The van der Waals surface area contributed by atoms with Crippen molar-refractivity contribution in [2.45, 2.75) is 12.8 Å². The van der Waals surface area contributed by atoms with E-state index in [4.69, 9.17) is 0 Å². The average molecular weight is 427 g/mol. The van der Waals surface area contributed by atoms with Crippen LogP contribution in [0.5, 0.6) is 0 Å². The van der Waals surface area contributed by atoms with Crippen molar-refractivity contribution < 1.29 is 18.4 Å². The van der Waals surface area contributed by atoms with Gasteiger partial charge in [-0.15, -0.1) is 11.3 Å². The predicted molar refractivity (Wildman–Crippen MR) is 111 cm³/mol. The van der Waals surface area contributed by atoms with Gasteiger partial charge in [-0.3, -0.25) is 9.59 Å². The lowest BCUT2D eigenvalue weighted by Crippen LogP contribution is -2.30. The largest absolute Gasteiger partial charge is 0.342 e. The highest BCUT2D eigenvalue weighted by atomic mass is 32.1. The van der Waals surface area contributed by atoms with Gasteiger partial charge < -0.3 is 10.2 Å². The molecule has 1 aliphatic rings. The molecular formula is C22H19F2N3O2S. The third-order valence-electron chi connectivity index (χ3n) is 5.05. The number of halogens is 2. The SMILES string of the molecule is O=C(Nc1nc(-c2ccc(F)c(F)c2)cs1)[C@@H]1CC(=O)N(CCc2ccccc2)C1. The van der Waals surface area contributed by atoms with Gasteiger partial charge in [0.15, 0.2) is 16.8 Å². The van der Waals surface area contributed by atoms with Gasteiger partial charge in [-0.25, -0.2) is 13.8 Å². The third kappa shape index (κ3) is 4.54. The molecule has 1 saturated heterocycles. The average Bonchev–Trinajstić information content (AvgIpc) is 3.36. The first kappa shape index (κ1) is 20.2.